The Morgan fingerprint density at radius 3 is 2.29 bits per heavy atom. The van der Waals surface area contributed by atoms with Crippen molar-refractivity contribution in [1.29, 1.82) is 0 Å². The van der Waals surface area contributed by atoms with Gasteiger partial charge in [0, 0.05) is 24.3 Å². The van der Waals surface area contributed by atoms with Crippen molar-refractivity contribution < 1.29 is 4.79 Å². The molecule has 0 bridgehead atoms. The molecular weight excluding hydrogens is 260 g/mol. The van der Waals surface area contributed by atoms with Crippen LogP contribution in [0.2, 0.25) is 0 Å². The average molecular weight is 288 g/mol. The first-order valence-electron chi connectivity index (χ1n) is 7.99. The van der Waals surface area contributed by atoms with Crippen LogP contribution in [0.4, 0.5) is 11.4 Å². The van der Waals surface area contributed by atoms with Crippen molar-refractivity contribution in [3.8, 4) is 0 Å². The number of carbonyl (C=O) groups excluding carboxylic acids is 1. The summed E-state index contributed by atoms with van der Waals surface area (Å²) in [6, 6.07) is 8.53. The first-order valence-corrected chi connectivity index (χ1v) is 7.99. The van der Waals surface area contributed by atoms with Crippen LogP contribution in [0, 0.1) is 11.3 Å². The Kier molecular flexibility index (Phi) is 4.92. The third-order valence-corrected chi connectivity index (χ3v) is 4.51. The molecule has 0 atom stereocenters. The molecule has 21 heavy (non-hydrogen) atoms. The summed E-state index contributed by atoms with van der Waals surface area (Å²) in [5, 5.41) is 6.45. The second kappa shape index (κ2) is 6.50. The monoisotopic (exact) mass is 288 g/mol. The predicted molar refractivity (Wildman–Crippen MR) is 89.6 cm³/mol. The van der Waals surface area contributed by atoms with E-state index >= 15 is 0 Å². The van der Waals surface area contributed by atoms with Crippen molar-refractivity contribution in [2.75, 3.05) is 10.6 Å². The maximum absolute atomic E-state index is 11.1. The van der Waals surface area contributed by atoms with Gasteiger partial charge in [-0.15, -0.1) is 0 Å². The molecule has 1 aromatic rings. The standard InChI is InChI=1S/C18H28N2O/c1-13(21)19-16-6-5-7-17(12-16)20-15-10-8-14(9-11-15)18(2,3)4/h5-7,12,14-15,20H,8-11H2,1-4H3,(H,19,21). The number of carbonyl (C=O) groups is 1. The van der Waals surface area contributed by atoms with Gasteiger partial charge in [0.15, 0.2) is 0 Å². The molecule has 0 unspecified atom stereocenters. The minimum atomic E-state index is -0.0298. The van der Waals surface area contributed by atoms with Crippen molar-refractivity contribution in [3.63, 3.8) is 0 Å². The highest BCUT2D eigenvalue weighted by molar-refractivity contribution is 5.89. The van der Waals surface area contributed by atoms with Crippen molar-refractivity contribution in [2.45, 2.75) is 59.4 Å². The second-order valence-electron chi connectivity index (χ2n) is 7.32. The van der Waals surface area contributed by atoms with E-state index < -0.39 is 0 Å². The molecule has 3 nitrogen and oxygen atoms in total. The van der Waals surface area contributed by atoms with Crippen LogP contribution in [-0.4, -0.2) is 11.9 Å². The molecule has 1 saturated carbocycles. The number of hydrogen-bond acceptors (Lipinski definition) is 2. The number of rotatable bonds is 3. The van der Waals surface area contributed by atoms with E-state index in [0.717, 1.165) is 17.3 Å². The van der Waals surface area contributed by atoms with Crippen LogP contribution < -0.4 is 10.6 Å². The molecule has 116 valence electrons. The fourth-order valence-corrected chi connectivity index (χ4v) is 3.23. The predicted octanol–water partition coefficient (Wildman–Crippen LogP) is 4.66. The van der Waals surface area contributed by atoms with E-state index in [1.807, 2.05) is 18.2 Å². The minimum Gasteiger partial charge on any atom is -0.382 e. The lowest BCUT2D eigenvalue weighted by Gasteiger charge is -2.37. The fraction of sp³-hybridized carbons (Fsp3) is 0.611. The molecule has 0 aromatic heterocycles. The summed E-state index contributed by atoms with van der Waals surface area (Å²) in [4.78, 5) is 11.1. The topological polar surface area (TPSA) is 41.1 Å². The summed E-state index contributed by atoms with van der Waals surface area (Å²) in [7, 11) is 0. The maximum atomic E-state index is 11.1. The Morgan fingerprint density at radius 2 is 1.71 bits per heavy atom. The fourth-order valence-electron chi connectivity index (χ4n) is 3.23. The lowest BCUT2D eigenvalue weighted by Crippen LogP contribution is -2.31. The van der Waals surface area contributed by atoms with Gasteiger partial charge in [0.2, 0.25) is 5.91 Å². The molecule has 1 aromatic carbocycles. The molecule has 1 aliphatic carbocycles. The summed E-state index contributed by atoms with van der Waals surface area (Å²) < 4.78 is 0. The highest BCUT2D eigenvalue weighted by Crippen LogP contribution is 2.38. The van der Waals surface area contributed by atoms with Gasteiger partial charge in [-0.1, -0.05) is 26.8 Å². The van der Waals surface area contributed by atoms with E-state index in [1.165, 1.54) is 32.6 Å². The maximum Gasteiger partial charge on any atom is 0.221 e. The molecule has 0 aliphatic heterocycles. The van der Waals surface area contributed by atoms with Crippen molar-refractivity contribution in [3.05, 3.63) is 24.3 Å². The highest BCUT2D eigenvalue weighted by Gasteiger charge is 2.29. The molecule has 2 rings (SSSR count). The van der Waals surface area contributed by atoms with Crippen LogP contribution in [-0.2, 0) is 4.79 Å². The van der Waals surface area contributed by atoms with Crippen molar-refractivity contribution in [2.24, 2.45) is 11.3 Å². The Labute approximate surface area is 128 Å². The van der Waals surface area contributed by atoms with E-state index in [2.05, 4.69) is 37.5 Å². The smallest absolute Gasteiger partial charge is 0.221 e. The van der Waals surface area contributed by atoms with Crippen LogP contribution in [0.25, 0.3) is 0 Å². The summed E-state index contributed by atoms with van der Waals surface area (Å²) in [5.74, 6) is 0.805. The number of amides is 1. The first-order chi connectivity index (χ1) is 9.84. The normalized spacial score (nSPS) is 22.7. The van der Waals surface area contributed by atoms with E-state index in [4.69, 9.17) is 0 Å². The number of benzene rings is 1. The van der Waals surface area contributed by atoms with Gasteiger partial charge < -0.3 is 10.6 Å². The molecule has 2 N–H and O–H groups in total. The van der Waals surface area contributed by atoms with Gasteiger partial charge in [-0.25, -0.2) is 0 Å². The summed E-state index contributed by atoms with van der Waals surface area (Å²) in [5.41, 5.74) is 2.38. The summed E-state index contributed by atoms with van der Waals surface area (Å²) >= 11 is 0. The van der Waals surface area contributed by atoms with Gasteiger partial charge in [0.1, 0.15) is 0 Å². The van der Waals surface area contributed by atoms with Gasteiger partial charge >= 0.3 is 0 Å². The largest absolute Gasteiger partial charge is 0.382 e. The molecule has 3 heteroatoms. The van der Waals surface area contributed by atoms with Crippen LogP contribution in [0.5, 0.6) is 0 Å². The molecule has 1 fully saturated rings. The Morgan fingerprint density at radius 1 is 1.10 bits per heavy atom. The van der Waals surface area contributed by atoms with Crippen molar-refractivity contribution >= 4 is 17.3 Å². The van der Waals surface area contributed by atoms with Crippen LogP contribution in [0.3, 0.4) is 0 Å². The van der Waals surface area contributed by atoms with Gasteiger partial charge in [0.25, 0.3) is 0 Å². The van der Waals surface area contributed by atoms with E-state index in [1.54, 1.807) is 0 Å². The Bertz CT molecular complexity index is 482. The lowest BCUT2D eigenvalue weighted by atomic mass is 9.71. The Hall–Kier alpha value is -1.51. The minimum absolute atomic E-state index is 0.0298. The number of anilines is 2. The van der Waals surface area contributed by atoms with Gasteiger partial charge in [-0.05, 0) is 55.2 Å². The molecule has 0 radical (unpaired) electrons. The van der Waals surface area contributed by atoms with E-state index in [0.29, 0.717) is 11.5 Å². The van der Waals surface area contributed by atoms with Crippen LogP contribution in [0.1, 0.15) is 53.4 Å². The lowest BCUT2D eigenvalue weighted by molar-refractivity contribution is -0.114. The van der Waals surface area contributed by atoms with Crippen LogP contribution >= 0.6 is 0 Å². The first kappa shape index (κ1) is 15.9. The quantitative estimate of drug-likeness (QED) is 0.849. The molecule has 0 heterocycles. The number of hydrogen-bond donors (Lipinski definition) is 2. The molecule has 1 amide bonds. The Balaban J connectivity index is 1.90. The summed E-state index contributed by atoms with van der Waals surface area (Å²) in [6.45, 7) is 8.58. The van der Waals surface area contributed by atoms with E-state index in [-0.39, 0.29) is 5.91 Å². The van der Waals surface area contributed by atoms with Crippen LogP contribution in [0.15, 0.2) is 24.3 Å². The molecule has 0 saturated heterocycles. The summed E-state index contributed by atoms with van der Waals surface area (Å²) in [6.07, 6.45) is 5.05. The van der Waals surface area contributed by atoms with E-state index in [9.17, 15) is 4.79 Å². The van der Waals surface area contributed by atoms with Gasteiger partial charge in [0.05, 0.1) is 0 Å². The number of nitrogens with one attached hydrogen (secondary N) is 2. The molecular formula is C18H28N2O. The average Bonchev–Trinajstić information content (AvgIpc) is 2.38. The zero-order chi connectivity index (χ0) is 15.5. The second-order valence-corrected chi connectivity index (χ2v) is 7.32. The molecule has 0 spiro atoms. The SMILES string of the molecule is CC(=O)Nc1cccc(NC2CCC(C(C)(C)C)CC2)c1. The highest BCUT2D eigenvalue weighted by atomic mass is 16.1. The zero-order valence-electron chi connectivity index (χ0n) is 13.7. The van der Waals surface area contributed by atoms with Gasteiger partial charge in [-0.2, -0.15) is 0 Å². The third-order valence-electron chi connectivity index (χ3n) is 4.51. The van der Waals surface area contributed by atoms with Gasteiger partial charge in [-0.3, -0.25) is 4.79 Å². The van der Waals surface area contributed by atoms with Crippen molar-refractivity contribution in [1.82, 2.24) is 0 Å². The zero-order valence-corrected chi connectivity index (χ0v) is 13.7. The third kappa shape index (κ3) is 4.76. The molecule has 1 aliphatic rings.